The molecule has 0 saturated heterocycles. The Balaban J connectivity index is 0.000000280. The van der Waals surface area contributed by atoms with Gasteiger partial charge in [-0.1, -0.05) is 60.7 Å². The molecule has 0 radical (unpaired) electrons. The number of hydrogen-bond acceptors (Lipinski definition) is 3. The van der Waals surface area contributed by atoms with Gasteiger partial charge in [-0.3, -0.25) is 0 Å². The van der Waals surface area contributed by atoms with Gasteiger partial charge in [0.25, 0.3) is 0 Å². The van der Waals surface area contributed by atoms with Crippen LogP contribution in [0, 0.1) is 0 Å². The first-order valence-electron chi connectivity index (χ1n) is 5.46. The van der Waals surface area contributed by atoms with Crippen molar-refractivity contribution in [2.24, 2.45) is 11.6 Å². The summed E-state index contributed by atoms with van der Waals surface area (Å²) in [5.74, 6) is 4.20. The highest BCUT2D eigenvalue weighted by Gasteiger charge is 1.92. The van der Waals surface area contributed by atoms with E-state index in [-0.39, 0.29) is 0 Å². The smallest absolute Gasteiger partial charge is 0.357 e. The number of carbonyl (C=O) groups is 1. The van der Waals surface area contributed by atoms with Gasteiger partial charge in [0.05, 0.1) is 0 Å². The van der Waals surface area contributed by atoms with E-state index in [4.69, 9.17) is 0 Å². The van der Waals surface area contributed by atoms with Crippen molar-refractivity contribution in [3.05, 3.63) is 71.8 Å². The number of nitrogens with two attached hydrogens (primary N) is 2. The maximum Gasteiger partial charge on any atom is 0.423 e. The molecule has 0 fully saturated rings. The highest BCUT2D eigenvalue weighted by molar-refractivity contribution is 5.63. The van der Waals surface area contributed by atoms with Crippen LogP contribution < -0.4 is 11.6 Å². The van der Waals surface area contributed by atoms with E-state index in [0.29, 0.717) is 0 Å². The lowest BCUT2D eigenvalue weighted by Gasteiger charge is -2.00. The molecule has 0 aliphatic heterocycles. The second-order valence-electron chi connectivity index (χ2n) is 3.58. The monoisotopic (exact) mass is 244 g/mol. The van der Waals surface area contributed by atoms with Crippen LogP contribution in [0.2, 0.25) is 0 Å². The summed E-state index contributed by atoms with van der Waals surface area (Å²) in [6.07, 6.45) is 0.0619. The van der Waals surface area contributed by atoms with Gasteiger partial charge in [-0.25, -0.2) is 4.79 Å². The van der Waals surface area contributed by atoms with Crippen molar-refractivity contribution < 1.29 is 9.63 Å². The first-order chi connectivity index (χ1) is 8.72. The third-order valence-electron chi connectivity index (χ3n) is 2.21. The highest BCUT2D eigenvalue weighted by Crippen LogP contribution is 2.07. The van der Waals surface area contributed by atoms with E-state index in [2.05, 4.69) is 77.1 Å². The summed E-state index contributed by atoms with van der Waals surface area (Å²) >= 11 is 0. The average Bonchev–Trinajstić information content (AvgIpc) is 2.42. The van der Waals surface area contributed by atoms with E-state index in [1.165, 1.54) is 11.1 Å². The topological polar surface area (TPSA) is 78.3 Å². The highest BCUT2D eigenvalue weighted by atomic mass is 16.7. The van der Waals surface area contributed by atoms with Crippen LogP contribution in [0.4, 0.5) is 4.79 Å². The molecule has 2 rings (SSSR count). The van der Waals surface area contributed by atoms with Crippen molar-refractivity contribution in [1.29, 1.82) is 0 Å². The maximum absolute atomic E-state index is 9.24. The second kappa shape index (κ2) is 7.86. The minimum Gasteiger partial charge on any atom is -0.357 e. The van der Waals surface area contributed by atoms with Crippen LogP contribution in [0.15, 0.2) is 60.7 Å². The molecule has 2 aromatic carbocycles. The zero-order valence-corrected chi connectivity index (χ0v) is 9.95. The zero-order valence-electron chi connectivity index (χ0n) is 9.95. The van der Waals surface area contributed by atoms with Crippen LogP contribution in [0.1, 0.15) is 11.1 Å². The minimum atomic E-state index is -0.968. The molecule has 18 heavy (non-hydrogen) atoms. The van der Waals surface area contributed by atoms with Gasteiger partial charge in [0, 0.05) is 0 Å². The molecule has 4 heteroatoms. The number of benzene rings is 2. The Morgan fingerprint density at radius 1 is 0.889 bits per heavy atom. The second-order valence-corrected chi connectivity index (χ2v) is 3.58. The van der Waals surface area contributed by atoms with Crippen LogP contribution in [0.25, 0.3) is 0 Å². The molecule has 4 N–H and O–H groups in total. The van der Waals surface area contributed by atoms with Crippen molar-refractivity contribution in [2.45, 2.75) is 6.42 Å². The quantitative estimate of drug-likeness (QED) is 0.795. The molecule has 4 nitrogen and oxygen atoms in total. The van der Waals surface area contributed by atoms with E-state index in [9.17, 15) is 4.79 Å². The maximum atomic E-state index is 9.24. The predicted octanol–water partition coefficient (Wildman–Crippen LogP) is 2.23. The molecule has 0 heterocycles. The lowest BCUT2D eigenvalue weighted by molar-refractivity contribution is 0.159. The van der Waals surface area contributed by atoms with Crippen molar-refractivity contribution >= 4 is 6.09 Å². The summed E-state index contributed by atoms with van der Waals surface area (Å²) in [6, 6.07) is 21.1. The molecular weight excluding hydrogens is 228 g/mol. The SMILES string of the molecule is NOC(N)=O.c1ccc(Cc2ccccc2)cc1. The lowest BCUT2D eigenvalue weighted by atomic mass is 10.1. The van der Waals surface area contributed by atoms with Crippen LogP contribution >= 0.6 is 0 Å². The number of rotatable bonds is 2. The summed E-state index contributed by atoms with van der Waals surface area (Å²) in [7, 11) is 0. The van der Waals surface area contributed by atoms with Crippen molar-refractivity contribution in [2.75, 3.05) is 0 Å². The van der Waals surface area contributed by atoms with Gasteiger partial charge in [-0.15, -0.1) is 0 Å². The molecule has 0 spiro atoms. The van der Waals surface area contributed by atoms with Crippen molar-refractivity contribution in [3.8, 4) is 0 Å². The Morgan fingerprint density at radius 2 is 1.22 bits per heavy atom. The average molecular weight is 244 g/mol. The summed E-state index contributed by atoms with van der Waals surface area (Å²) < 4.78 is 0. The number of carbonyl (C=O) groups excluding carboxylic acids is 1. The summed E-state index contributed by atoms with van der Waals surface area (Å²) in [6.45, 7) is 0. The number of amides is 1. The van der Waals surface area contributed by atoms with Crippen molar-refractivity contribution in [1.82, 2.24) is 0 Å². The molecule has 94 valence electrons. The van der Waals surface area contributed by atoms with Crippen LogP contribution in [-0.2, 0) is 11.3 Å². The van der Waals surface area contributed by atoms with Gasteiger partial charge in [-0.05, 0) is 17.5 Å². The Hall–Kier alpha value is -2.33. The van der Waals surface area contributed by atoms with Crippen LogP contribution in [0.3, 0.4) is 0 Å². The van der Waals surface area contributed by atoms with Gasteiger partial charge in [0.2, 0.25) is 0 Å². The van der Waals surface area contributed by atoms with Crippen LogP contribution in [-0.4, -0.2) is 6.09 Å². The molecule has 2 aromatic rings. The van der Waals surface area contributed by atoms with Gasteiger partial charge in [0.15, 0.2) is 0 Å². The molecule has 0 aliphatic carbocycles. The minimum absolute atomic E-state index is 0.968. The van der Waals surface area contributed by atoms with E-state index in [1.54, 1.807) is 0 Å². The third kappa shape index (κ3) is 5.67. The fourth-order valence-corrected chi connectivity index (χ4v) is 1.43. The Labute approximate surface area is 106 Å². The molecule has 0 saturated carbocycles. The normalized spacial score (nSPS) is 8.94. The fourth-order valence-electron chi connectivity index (χ4n) is 1.43. The molecule has 1 amide bonds. The summed E-state index contributed by atoms with van der Waals surface area (Å²) in [5, 5.41) is 0. The van der Waals surface area contributed by atoms with E-state index in [0.717, 1.165) is 6.42 Å². The molecule has 0 atom stereocenters. The zero-order chi connectivity index (χ0) is 13.2. The fraction of sp³-hybridized carbons (Fsp3) is 0.0714. The van der Waals surface area contributed by atoms with Crippen LogP contribution in [0.5, 0.6) is 0 Å². The molecule has 0 aliphatic rings. The van der Waals surface area contributed by atoms with E-state index in [1.807, 2.05) is 0 Å². The molecule has 0 bridgehead atoms. The van der Waals surface area contributed by atoms with Crippen molar-refractivity contribution in [3.63, 3.8) is 0 Å². The summed E-state index contributed by atoms with van der Waals surface area (Å²) in [4.78, 5) is 12.6. The summed E-state index contributed by atoms with van der Waals surface area (Å²) in [5.41, 5.74) is 7.04. The van der Waals surface area contributed by atoms with Gasteiger partial charge >= 0.3 is 6.09 Å². The van der Waals surface area contributed by atoms with Gasteiger partial charge < -0.3 is 10.6 Å². The lowest BCUT2D eigenvalue weighted by Crippen LogP contribution is -2.16. The number of hydrogen-bond donors (Lipinski definition) is 2. The Morgan fingerprint density at radius 3 is 1.50 bits per heavy atom. The Bertz CT molecular complexity index is 420. The first kappa shape index (κ1) is 13.7. The predicted molar refractivity (Wildman–Crippen MR) is 70.5 cm³/mol. The largest absolute Gasteiger partial charge is 0.423 e. The molecule has 0 aromatic heterocycles. The Kier molecular flexibility index (Phi) is 6.00. The standard InChI is InChI=1S/C13H12.CH4N2O2/c1-3-7-12(8-4-1)11-13-9-5-2-6-10-13;2-1(4)5-3/h1-10H,11H2;3H2,(H2,2,4). The van der Waals surface area contributed by atoms with E-state index >= 15 is 0 Å². The molecule has 0 unspecified atom stereocenters. The van der Waals surface area contributed by atoms with Gasteiger partial charge in [0.1, 0.15) is 0 Å². The molecular formula is C14H16N2O2. The first-order valence-corrected chi connectivity index (χ1v) is 5.46. The number of primary amides is 1. The third-order valence-corrected chi connectivity index (χ3v) is 2.21. The van der Waals surface area contributed by atoms with E-state index < -0.39 is 6.09 Å². The van der Waals surface area contributed by atoms with Gasteiger partial charge in [-0.2, -0.15) is 5.90 Å².